The number of nitrogens with two attached hydrogens (primary N) is 1. The van der Waals surface area contributed by atoms with Crippen LogP contribution in [0.5, 0.6) is 51.7 Å². The van der Waals surface area contributed by atoms with Crippen molar-refractivity contribution in [1.82, 2.24) is 19.9 Å². The summed E-state index contributed by atoms with van der Waals surface area (Å²) in [5.41, 5.74) is 29.6. The van der Waals surface area contributed by atoms with Crippen molar-refractivity contribution in [3.05, 3.63) is 393 Å². The highest BCUT2D eigenvalue weighted by Crippen LogP contribution is 2.56. The van der Waals surface area contributed by atoms with Crippen LogP contribution < -0.4 is 5.73 Å². The molecule has 4 unspecified atom stereocenters. The Bertz CT molecular complexity index is 6440. The number of phenolic OH excluding ortho intramolecular Hbond substituents is 9. The minimum Gasteiger partial charge on any atom is -0.504 e. The average Bonchev–Trinajstić information content (AvgIpc) is 1.63. The van der Waals surface area contributed by atoms with E-state index in [1.54, 1.807) is 18.3 Å². The molecule has 4 aromatic heterocycles. The second kappa shape index (κ2) is 29.3. The van der Waals surface area contributed by atoms with Crippen molar-refractivity contribution in [3.8, 4) is 51.7 Å². The number of hydrogen-bond acceptors (Lipinski definition) is 11. The number of fused-ring (bicyclic) bond motifs is 8. The molecule has 16 aromatic rings. The Morgan fingerprint density at radius 3 is 1.14 bits per heavy atom. The zero-order valence-corrected chi connectivity index (χ0v) is 61.6. The van der Waals surface area contributed by atoms with Crippen molar-refractivity contribution in [2.75, 3.05) is 5.73 Å². The number of hydrogen-bond donors (Lipinski definition) is 15. The van der Waals surface area contributed by atoms with Crippen molar-refractivity contribution in [3.63, 3.8) is 0 Å². The molecule has 15 nitrogen and oxygen atoms in total. The van der Waals surface area contributed by atoms with Crippen LogP contribution in [0.3, 0.4) is 0 Å². The van der Waals surface area contributed by atoms with Gasteiger partial charge in [-0.05, 0) is 205 Å². The number of phenols is 9. The molecule has 0 aliphatic heterocycles. The maximum Gasteiger partial charge on any atom is 0.200 e. The van der Waals surface area contributed by atoms with Gasteiger partial charge in [-0.25, -0.2) is 0 Å². The summed E-state index contributed by atoms with van der Waals surface area (Å²) in [6.07, 6.45) is 20.8. The van der Waals surface area contributed by atoms with E-state index in [2.05, 4.69) is 148 Å². The van der Waals surface area contributed by atoms with E-state index in [4.69, 9.17) is 5.73 Å². The quantitative estimate of drug-likeness (QED) is 0.0380. The lowest BCUT2D eigenvalue weighted by molar-refractivity contribution is 0.146. The lowest BCUT2D eigenvalue weighted by Crippen LogP contribution is -2.28. The van der Waals surface area contributed by atoms with E-state index in [9.17, 15) is 51.1 Å². The van der Waals surface area contributed by atoms with Gasteiger partial charge in [0.05, 0.1) is 0 Å². The molecule has 0 saturated carbocycles. The van der Waals surface area contributed by atoms with Gasteiger partial charge in [0.25, 0.3) is 0 Å². The number of benzene rings is 12. The molecule has 0 amide bonds. The van der Waals surface area contributed by atoms with Crippen molar-refractivity contribution in [2.45, 2.75) is 61.9 Å². The van der Waals surface area contributed by atoms with E-state index in [1.807, 2.05) is 140 Å². The maximum atomic E-state index is 12.2. The summed E-state index contributed by atoms with van der Waals surface area (Å²) in [5, 5.41) is 107. The maximum absolute atomic E-state index is 12.2. The highest BCUT2D eigenvalue weighted by atomic mass is 16.3. The highest BCUT2D eigenvalue weighted by Gasteiger charge is 2.44. The molecule has 113 heavy (non-hydrogen) atoms. The first kappa shape index (κ1) is 71.6. The largest absolute Gasteiger partial charge is 0.504 e. The van der Waals surface area contributed by atoms with E-state index in [0.29, 0.717) is 24.0 Å². The van der Waals surface area contributed by atoms with Crippen LogP contribution in [-0.2, 0) is 36.7 Å². The minimum absolute atomic E-state index is 0.190. The predicted octanol–water partition coefficient (Wildman–Crippen LogP) is 20.4. The monoisotopic (exact) mass is 1490 g/mol. The smallest absolute Gasteiger partial charge is 0.200 e. The fraction of sp³-hybridized carbons (Fsp3) is 0.102. The first-order valence-electron chi connectivity index (χ1n) is 37.7. The lowest BCUT2D eigenvalue weighted by atomic mass is 9.65. The molecule has 20 rings (SSSR count). The summed E-state index contributed by atoms with van der Waals surface area (Å²) < 4.78 is 0. The Morgan fingerprint density at radius 2 is 0.673 bits per heavy atom. The number of aromatic hydroxyl groups is 9. The van der Waals surface area contributed by atoms with Gasteiger partial charge in [-0.1, -0.05) is 213 Å². The van der Waals surface area contributed by atoms with E-state index in [1.165, 1.54) is 85.2 Å². The van der Waals surface area contributed by atoms with Gasteiger partial charge in [0, 0.05) is 102 Å². The van der Waals surface area contributed by atoms with Crippen LogP contribution in [0.25, 0.3) is 65.9 Å². The van der Waals surface area contributed by atoms with Crippen LogP contribution in [0.15, 0.2) is 304 Å². The van der Waals surface area contributed by atoms with Crippen molar-refractivity contribution >= 4 is 71.6 Å². The van der Waals surface area contributed by atoms with Gasteiger partial charge >= 0.3 is 0 Å². The SMILES string of the molecule is CCC(C1=CCc2ccccc21)(c1cc(O)c(O)c(O)c1)c1c[nH]c2ccccc12.Nc1ccc(C(C2=CCc3ccccc32)c2c[nH]c3ccccc23)cc1.Oc1cc(C(C2=CCc3ccccc32)c2c[nH]c3ccccc23)cc(O)c1O.Oc1cc(C(O)(C2=CCc3ccccc32)c2c[nH]c3ccccc23)cc(O)c1O. The Hall–Kier alpha value is -14.3. The van der Waals surface area contributed by atoms with Crippen LogP contribution in [0.2, 0.25) is 0 Å². The zero-order chi connectivity index (χ0) is 77.8. The van der Waals surface area contributed by atoms with Crippen LogP contribution in [0.4, 0.5) is 5.69 Å². The summed E-state index contributed by atoms with van der Waals surface area (Å²) >= 11 is 0. The molecule has 558 valence electrons. The Balaban J connectivity index is 0.000000109. The molecule has 0 bridgehead atoms. The molecule has 4 heterocycles. The fourth-order valence-electron chi connectivity index (χ4n) is 17.6. The number of H-pyrrole nitrogens is 4. The van der Waals surface area contributed by atoms with Gasteiger partial charge in [-0.2, -0.15) is 0 Å². The Morgan fingerprint density at radius 1 is 0.336 bits per heavy atom. The molecular formula is C98H81N5O10. The van der Waals surface area contributed by atoms with Crippen molar-refractivity contribution < 1.29 is 51.1 Å². The summed E-state index contributed by atoms with van der Waals surface area (Å²) in [5.74, 6) is -3.91. The standard InChI is InChI=1S/C26H23NO3.C24H20N2.C24H19NO4.C24H19NO3/c1-2-26(17-13-23(28)25(30)24(29)14-17,20-12-11-16-7-3-4-8-18(16)20)21-15-27-22-10-6-5-9-19(21)22;25-18-12-9-17(10-13-18)24(21-14-11-16-5-1-2-6-19(16)21)22-15-26-23-8-4-3-7-20(22)23;26-21-11-15(12-22(27)23(21)28)24(29,18-10-9-14-5-1-2-6-16(14)18)19-13-25-20-8-4-3-7-17(19)20;26-21-11-15(12-22(27)24(21)28)23(18-10-9-14-5-1-2-6-16(14)18)19-13-25-20-8-4-3-7-17(19)20/h3-10,12-15,27-30H,2,11H2,1H3;1-10,12-15,24,26H,11,25H2;1-8,10-13,25-29H,9H2;1-8,10-13,23,25-28H,9H2. The molecule has 0 saturated heterocycles. The molecule has 0 spiro atoms. The van der Waals surface area contributed by atoms with Crippen LogP contribution in [-0.4, -0.2) is 71.0 Å². The highest BCUT2D eigenvalue weighted by molar-refractivity contribution is 5.96. The average molecular weight is 1490 g/mol. The lowest BCUT2D eigenvalue weighted by Gasteiger charge is -2.36. The van der Waals surface area contributed by atoms with Crippen LogP contribution >= 0.6 is 0 Å². The number of nitrogens with one attached hydrogen (secondary N) is 4. The van der Waals surface area contributed by atoms with Crippen LogP contribution in [0.1, 0.15) is 114 Å². The summed E-state index contributed by atoms with van der Waals surface area (Å²) in [6.45, 7) is 2.12. The third-order valence-corrected chi connectivity index (χ3v) is 23.0. The number of nitrogen functional groups attached to an aromatic ring is 1. The molecule has 4 aliphatic rings. The van der Waals surface area contributed by atoms with Gasteiger partial charge in [0.15, 0.2) is 51.7 Å². The molecular weight excluding hydrogens is 1410 g/mol. The van der Waals surface area contributed by atoms with Gasteiger partial charge in [0.1, 0.15) is 5.60 Å². The zero-order valence-electron chi connectivity index (χ0n) is 61.6. The molecule has 4 aliphatic carbocycles. The predicted molar refractivity (Wildman–Crippen MR) is 449 cm³/mol. The molecule has 15 heteroatoms. The molecule has 16 N–H and O–H groups in total. The first-order chi connectivity index (χ1) is 55.0. The third kappa shape index (κ3) is 12.6. The molecule has 0 radical (unpaired) electrons. The van der Waals surface area contributed by atoms with Crippen molar-refractivity contribution in [2.24, 2.45) is 0 Å². The number of para-hydroxylation sites is 4. The van der Waals surface area contributed by atoms with E-state index >= 15 is 0 Å². The topological polar surface area (TPSA) is 291 Å². The number of rotatable bonds is 13. The van der Waals surface area contributed by atoms with Gasteiger partial charge in [-0.15, -0.1) is 0 Å². The first-order valence-corrected chi connectivity index (χ1v) is 37.7. The number of anilines is 1. The van der Waals surface area contributed by atoms with Gasteiger partial charge in [-0.3, -0.25) is 0 Å². The number of aromatic amines is 4. The van der Waals surface area contributed by atoms with Gasteiger partial charge < -0.3 is 76.7 Å². The third-order valence-electron chi connectivity index (χ3n) is 23.0. The van der Waals surface area contributed by atoms with E-state index in [0.717, 1.165) is 102 Å². The normalized spacial score (nSPS) is 14.6. The van der Waals surface area contributed by atoms with E-state index in [-0.39, 0.29) is 40.4 Å². The minimum atomic E-state index is -1.66. The molecule has 0 fully saturated rings. The summed E-state index contributed by atoms with van der Waals surface area (Å²) in [4.78, 5) is 13.3. The Labute approximate surface area is 651 Å². The molecule has 4 atom stereocenters. The summed E-state index contributed by atoms with van der Waals surface area (Å²) in [7, 11) is 0. The van der Waals surface area contributed by atoms with Crippen molar-refractivity contribution in [1.29, 1.82) is 0 Å². The second-order valence-corrected chi connectivity index (χ2v) is 29.2. The summed E-state index contributed by atoms with van der Waals surface area (Å²) in [6, 6.07) is 82.7. The second-order valence-electron chi connectivity index (χ2n) is 29.2. The fourth-order valence-corrected chi connectivity index (χ4v) is 17.6. The van der Waals surface area contributed by atoms with E-state index < -0.39 is 39.8 Å². The van der Waals surface area contributed by atoms with Crippen LogP contribution in [0, 0.1) is 0 Å². The number of aromatic nitrogens is 4. The molecule has 12 aromatic carbocycles. The van der Waals surface area contributed by atoms with Gasteiger partial charge in [0.2, 0.25) is 0 Å². The Kier molecular flexibility index (Phi) is 18.6. The number of aliphatic hydroxyl groups is 1. The number of allylic oxidation sites excluding steroid dienone is 7.